The minimum Gasteiger partial charge on any atom is -0.464 e. The highest BCUT2D eigenvalue weighted by atomic mass is 32.2. The van der Waals surface area contributed by atoms with Crippen LogP contribution in [-0.4, -0.2) is 43.9 Å². The Labute approximate surface area is 192 Å². The third-order valence-electron chi connectivity index (χ3n) is 5.19. The molecule has 178 valence electrons. The van der Waals surface area contributed by atoms with E-state index in [1.807, 2.05) is 6.92 Å². The van der Waals surface area contributed by atoms with Crippen molar-refractivity contribution in [3.8, 4) is 0 Å². The fourth-order valence-electron chi connectivity index (χ4n) is 3.53. The zero-order valence-electron chi connectivity index (χ0n) is 18.6. The summed E-state index contributed by atoms with van der Waals surface area (Å²) in [4.78, 5) is 38.6. The zero-order chi connectivity index (χ0) is 24.0. The second kappa shape index (κ2) is 10.6. The molecule has 0 unspecified atom stereocenters. The smallest absolute Gasteiger partial charge is 0.329 e. The third-order valence-corrected chi connectivity index (χ3v) is 6.56. The van der Waals surface area contributed by atoms with Crippen molar-refractivity contribution < 1.29 is 32.1 Å². The fraction of sp³-hybridized carbons (Fsp3) is 0.455. The number of rotatable bonds is 11. The van der Waals surface area contributed by atoms with Gasteiger partial charge in [0.15, 0.2) is 5.82 Å². The molecule has 1 atom stereocenters. The SMILES string of the molecule is CCCCCC(=O)CC(=O)N(c1ccc(S(=O)(=O)Nc2cc(C)on2)cc1)[C@H]1CCOC1=O. The molecular weight excluding hydrogens is 450 g/mol. The van der Waals surface area contributed by atoms with Gasteiger partial charge in [0.2, 0.25) is 5.91 Å². The zero-order valence-corrected chi connectivity index (χ0v) is 19.4. The van der Waals surface area contributed by atoms with E-state index < -0.39 is 27.9 Å². The van der Waals surface area contributed by atoms with Crippen LogP contribution in [0.25, 0.3) is 0 Å². The van der Waals surface area contributed by atoms with Gasteiger partial charge in [0.25, 0.3) is 10.0 Å². The van der Waals surface area contributed by atoms with E-state index in [-0.39, 0.29) is 29.5 Å². The molecule has 2 aromatic rings. The summed E-state index contributed by atoms with van der Waals surface area (Å²) in [5.74, 6) is -0.779. The normalized spacial score (nSPS) is 15.8. The Bertz CT molecular complexity index is 1110. The van der Waals surface area contributed by atoms with Crippen molar-refractivity contribution in [2.75, 3.05) is 16.2 Å². The number of ether oxygens (including phenoxy) is 1. The predicted octanol–water partition coefficient (Wildman–Crippen LogP) is 2.97. The first kappa shape index (κ1) is 24.4. The van der Waals surface area contributed by atoms with Crippen LogP contribution in [0.4, 0.5) is 11.5 Å². The largest absolute Gasteiger partial charge is 0.464 e. The van der Waals surface area contributed by atoms with Crippen LogP contribution in [0.1, 0.15) is 51.2 Å². The van der Waals surface area contributed by atoms with Crippen LogP contribution >= 0.6 is 0 Å². The number of Topliss-reactive ketones (excluding diaryl/α,β-unsaturated/α-hetero) is 1. The molecule has 0 radical (unpaired) electrons. The fourth-order valence-corrected chi connectivity index (χ4v) is 4.51. The molecule has 1 aliphatic rings. The molecule has 33 heavy (non-hydrogen) atoms. The van der Waals surface area contributed by atoms with Crippen molar-refractivity contribution in [1.82, 2.24) is 5.16 Å². The minimum absolute atomic E-state index is 0.0451. The number of benzene rings is 1. The number of carbonyl (C=O) groups is 3. The minimum atomic E-state index is -3.95. The first-order chi connectivity index (χ1) is 15.7. The van der Waals surface area contributed by atoms with Gasteiger partial charge in [-0.1, -0.05) is 24.9 Å². The number of unbranched alkanes of at least 4 members (excludes halogenated alkanes) is 2. The van der Waals surface area contributed by atoms with E-state index in [1.54, 1.807) is 6.92 Å². The number of carbonyl (C=O) groups excluding carboxylic acids is 3. The van der Waals surface area contributed by atoms with Crippen molar-refractivity contribution in [2.24, 2.45) is 0 Å². The number of aromatic nitrogens is 1. The summed E-state index contributed by atoms with van der Waals surface area (Å²) in [5, 5.41) is 3.61. The molecule has 10 nitrogen and oxygen atoms in total. The summed E-state index contributed by atoms with van der Waals surface area (Å²) in [5.41, 5.74) is 0.307. The average Bonchev–Trinajstić information content (AvgIpc) is 3.36. The van der Waals surface area contributed by atoms with Gasteiger partial charge < -0.3 is 9.26 Å². The maximum atomic E-state index is 13.0. The molecule has 1 saturated heterocycles. The number of aryl methyl sites for hydroxylation is 1. The first-order valence-electron chi connectivity index (χ1n) is 10.8. The highest BCUT2D eigenvalue weighted by molar-refractivity contribution is 7.92. The molecule has 3 rings (SSSR count). The molecule has 11 heteroatoms. The van der Waals surface area contributed by atoms with Crippen LogP contribution in [0.15, 0.2) is 39.8 Å². The van der Waals surface area contributed by atoms with Gasteiger partial charge in [0.1, 0.15) is 17.6 Å². The Kier molecular flexibility index (Phi) is 7.85. The second-order valence-electron chi connectivity index (χ2n) is 7.83. The summed E-state index contributed by atoms with van der Waals surface area (Å²) >= 11 is 0. The topological polar surface area (TPSA) is 136 Å². The van der Waals surface area contributed by atoms with Gasteiger partial charge in [-0.25, -0.2) is 13.2 Å². The molecule has 1 fully saturated rings. The van der Waals surface area contributed by atoms with Gasteiger partial charge in [-0.05, 0) is 37.6 Å². The van der Waals surface area contributed by atoms with E-state index in [9.17, 15) is 22.8 Å². The van der Waals surface area contributed by atoms with E-state index >= 15 is 0 Å². The predicted molar refractivity (Wildman–Crippen MR) is 119 cm³/mol. The Morgan fingerprint density at radius 2 is 1.94 bits per heavy atom. The Balaban J connectivity index is 1.79. The van der Waals surface area contributed by atoms with Gasteiger partial charge in [0.05, 0.1) is 17.9 Å². The number of nitrogens with zero attached hydrogens (tertiary/aromatic N) is 2. The maximum absolute atomic E-state index is 13.0. The summed E-state index contributed by atoms with van der Waals surface area (Å²) in [6, 6.07) is 6.05. The number of cyclic esters (lactones) is 1. The second-order valence-corrected chi connectivity index (χ2v) is 9.51. The van der Waals surface area contributed by atoms with E-state index in [0.29, 0.717) is 30.7 Å². The van der Waals surface area contributed by atoms with Crippen molar-refractivity contribution in [1.29, 1.82) is 0 Å². The summed E-state index contributed by atoms with van der Waals surface area (Å²) < 4.78 is 37.4. The Hall–Kier alpha value is -3.21. The number of anilines is 2. The third kappa shape index (κ3) is 6.19. The standard InChI is InChI=1S/C22H27N3O7S/c1-3-4-5-6-17(26)14-21(27)25(19-11-12-31-22(19)28)16-7-9-18(10-8-16)33(29,30)24-20-13-15(2)32-23-20/h7-10,13,19H,3-6,11-12,14H2,1-2H3,(H,23,24)/t19-/m0/s1. The van der Waals surface area contributed by atoms with Crippen molar-refractivity contribution in [3.63, 3.8) is 0 Å². The van der Waals surface area contributed by atoms with Crippen LogP contribution in [0, 0.1) is 6.92 Å². The van der Waals surface area contributed by atoms with E-state index in [2.05, 4.69) is 9.88 Å². The molecule has 0 bridgehead atoms. The lowest BCUT2D eigenvalue weighted by Gasteiger charge is -2.26. The van der Waals surface area contributed by atoms with Crippen LogP contribution in [-0.2, 0) is 29.1 Å². The van der Waals surface area contributed by atoms with Gasteiger partial charge in [-0.3, -0.25) is 19.2 Å². The van der Waals surface area contributed by atoms with Crippen molar-refractivity contribution in [2.45, 2.75) is 63.3 Å². The Morgan fingerprint density at radius 1 is 1.21 bits per heavy atom. The van der Waals surface area contributed by atoms with Crippen molar-refractivity contribution >= 4 is 39.2 Å². The van der Waals surface area contributed by atoms with Gasteiger partial charge in [-0.15, -0.1) is 0 Å². The highest BCUT2D eigenvalue weighted by Gasteiger charge is 2.37. The van der Waals surface area contributed by atoms with E-state index in [4.69, 9.17) is 9.26 Å². The van der Waals surface area contributed by atoms with E-state index in [1.165, 1.54) is 35.2 Å². The number of amides is 1. The Morgan fingerprint density at radius 3 is 2.52 bits per heavy atom. The van der Waals surface area contributed by atoms with E-state index in [0.717, 1.165) is 12.8 Å². The van der Waals surface area contributed by atoms with Crippen LogP contribution in [0.2, 0.25) is 0 Å². The maximum Gasteiger partial charge on any atom is 0.329 e. The lowest BCUT2D eigenvalue weighted by atomic mass is 10.1. The van der Waals surface area contributed by atoms with Crippen molar-refractivity contribution in [3.05, 3.63) is 36.1 Å². The molecule has 1 aliphatic heterocycles. The monoisotopic (exact) mass is 477 g/mol. The molecule has 1 aromatic carbocycles. The quantitative estimate of drug-likeness (QED) is 0.296. The molecule has 0 spiro atoms. The highest BCUT2D eigenvalue weighted by Crippen LogP contribution is 2.26. The summed E-state index contributed by atoms with van der Waals surface area (Å²) in [6.07, 6.45) is 2.83. The first-order valence-corrected chi connectivity index (χ1v) is 12.3. The van der Waals surface area contributed by atoms with Gasteiger partial charge in [-0.2, -0.15) is 0 Å². The molecule has 1 N–H and O–H groups in total. The molecular formula is C22H27N3O7S. The molecule has 1 amide bonds. The molecule has 2 heterocycles. The van der Waals surface area contributed by atoms with Crippen LogP contribution in [0.5, 0.6) is 0 Å². The summed E-state index contributed by atoms with van der Waals surface area (Å²) in [6.45, 7) is 3.83. The molecule has 0 aliphatic carbocycles. The lowest BCUT2D eigenvalue weighted by Crippen LogP contribution is -2.44. The number of esters is 1. The lowest BCUT2D eigenvalue weighted by molar-refractivity contribution is -0.140. The van der Waals surface area contributed by atoms with Gasteiger partial charge in [0, 0.05) is 24.6 Å². The summed E-state index contributed by atoms with van der Waals surface area (Å²) in [7, 11) is -3.95. The van der Waals surface area contributed by atoms with Crippen LogP contribution < -0.4 is 9.62 Å². The molecule has 0 saturated carbocycles. The number of hydrogen-bond donors (Lipinski definition) is 1. The average molecular weight is 478 g/mol. The van der Waals surface area contributed by atoms with Gasteiger partial charge >= 0.3 is 5.97 Å². The number of sulfonamides is 1. The number of hydrogen-bond acceptors (Lipinski definition) is 8. The molecule has 1 aromatic heterocycles. The number of nitrogens with one attached hydrogen (secondary N) is 1. The van der Waals surface area contributed by atoms with Crippen LogP contribution in [0.3, 0.4) is 0 Å². The number of ketones is 1.